The molecule has 1 aromatic carbocycles. The number of carbonyl (C=O) groups is 3. The number of nitrogens with one attached hydrogen (secondary N) is 1. The Hall–Kier alpha value is -3.33. The van der Waals surface area contributed by atoms with Crippen LogP contribution in [0.4, 0.5) is 4.39 Å². The molecule has 2 aromatic rings. The highest BCUT2D eigenvalue weighted by Gasteiger charge is 2.31. The molecule has 2 N–H and O–H groups in total. The van der Waals surface area contributed by atoms with Crippen LogP contribution in [0, 0.1) is 11.8 Å². The van der Waals surface area contributed by atoms with Crippen molar-refractivity contribution in [2.45, 2.75) is 57.3 Å². The average molecular weight is 554 g/mol. The minimum absolute atomic E-state index is 0.00544. The van der Waals surface area contributed by atoms with Gasteiger partial charge in [-0.2, -0.15) is 0 Å². The number of likely N-dealkylation sites (tertiary alicyclic amines) is 1. The maximum Gasteiger partial charge on any atom is 0.303 e. The number of alkyl halides is 1. The molecule has 0 bridgehead atoms. The molecule has 40 heavy (non-hydrogen) atoms. The van der Waals surface area contributed by atoms with E-state index in [9.17, 15) is 23.9 Å². The molecule has 2 saturated heterocycles. The number of pyridine rings is 1. The Labute approximate surface area is 235 Å². The van der Waals surface area contributed by atoms with Gasteiger partial charge in [-0.1, -0.05) is 12.1 Å². The first kappa shape index (κ1) is 29.6. The predicted molar refractivity (Wildman–Crippen MR) is 150 cm³/mol. The number of hydrogen-bond donors (Lipinski definition) is 2. The van der Waals surface area contributed by atoms with Crippen molar-refractivity contribution in [2.75, 3.05) is 39.5 Å². The van der Waals surface area contributed by atoms with Crippen LogP contribution in [0.1, 0.15) is 62.8 Å². The molecule has 3 heterocycles. The monoisotopic (exact) mass is 553 g/mol. The van der Waals surface area contributed by atoms with Crippen LogP contribution in [-0.2, 0) is 14.4 Å². The van der Waals surface area contributed by atoms with Crippen LogP contribution >= 0.6 is 0 Å². The molecule has 0 spiro atoms. The van der Waals surface area contributed by atoms with Crippen molar-refractivity contribution in [2.24, 2.45) is 11.8 Å². The van der Waals surface area contributed by atoms with E-state index in [4.69, 9.17) is 4.74 Å². The number of nitrogens with zero attached hydrogens (tertiary/aromatic N) is 2. The molecule has 2 fully saturated rings. The lowest BCUT2D eigenvalue weighted by Crippen LogP contribution is -2.42. The van der Waals surface area contributed by atoms with Crippen molar-refractivity contribution < 1.29 is 28.6 Å². The first-order valence-corrected chi connectivity index (χ1v) is 14.4. The molecule has 4 rings (SSSR count). The molecule has 216 valence electrons. The van der Waals surface area contributed by atoms with Gasteiger partial charge in [-0.05, 0) is 80.4 Å². The van der Waals surface area contributed by atoms with E-state index in [2.05, 4.69) is 10.3 Å². The van der Waals surface area contributed by atoms with E-state index in [0.717, 1.165) is 49.9 Å². The van der Waals surface area contributed by atoms with E-state index < -0.39 is 18.6 Å². The molecule has 0 unspecified atom stereocenters. The molecule has 2 aliphatic rings. The summed E-state index contributed by atoms with van der Waals surface area (Å²) in [6.45, 7) is 2.48. The van der Waals surface area contributed by atoms with E-state index in [1.54, 1.807) is 30.6 Å². The van der Waals surface area contributed by atoms with Crippen LogP contribution in [0.15, 0.2) is 42.7 Å². The smallest absolute Gasteiger partial charge is 0.303 e. The van der Waals surface area contributed by atoms with Crippen molar-refractivity contribution in [3.05, 3.63) is 48.3 Å². The summed E-state index contributed by atoms with van der Waals surface area (Å²) >= 11 is 0. The van der Waals surface area contributed by atoms with Gasteiger partial charge >= 0.3 is 5.97 Å². The Morgan fingerprint density at radius 1 is 1.10 bits per heavy atom. The summed E-state index contributed by atoms with van der Waals surface area (Å²) in [5.74, 6) is -0.573. The molecule has 0 aliphatic carbocycles. The summed E-state index contributed by atoms with van der Waals surface area (Å²) in [6.07, 6.45) is 8.29. The quantitative estimate of drug-likeness (QED) is 0.372. The number of carboxylic acids is 1. The topological polar surface area (TPSA) is 109 Å². The Morgan fingerprint density at radius 3 is 2.70 bits per heavy atom. The van der Waals surface area contributed by atoms with Crippen LogP contribution < -0.4 is 10.1 Å². The highest BCUT2D eigenvalue weighted by molar-refractivity contribution is 5.84. The van der Waals surface area contributed by atoms with Crippen LogP contribution in [0.25, 0.3) is 11.1 Å². The summed E-state index contributed by atoms with van der Waals surface area (Å²) in [5, 5.41) is 13.0. The maximum atomic E-state index is 13.4. The van der Waals surface area contributed by atoms with Crippen LogP contribution in [-0.4, -0.2) is 72.1 Å². The Balaban J connectivity index is 1.40. The van der Waals surface area contributed by atoms with Crippen LogP contribution in [0.2, 0.25) is 0 Å². The second kappa shape index (κ2) is 14.9. The van der Waals surface area contributed by atoms with Gasteiger partial charge in [0.15, 0.2) is 0 Å². The number of carbonyl (C=O) groups excluding carboxylic acids is 2. The zero-order valence-electron chi connectivity index (χ0n) is 23.0. The number of aromatic nitrogens is 1. The SMILES string of the molecule is O=C(O)C[C@H](CC(=O)[C@@H]1CCCN(C(=O)CCC2CCNCC2)C1)c1cncc(-c2cccc(OCCF)c2)c1. The van der Waals surface area contributed by atoms with Crippen molar-refractivity contribution >= 4 is 17.7 Å². The van der Waals surface area contributed by atoms with Gasteiger partial charge in [0.05, 0.1) is 6.42 Å². The molecular formula is C31H40FN3O5. The number of ketones is 1. The molecule has 1 aromatic heterocycles. The minimum atomic E-state index is -0.983. The molecule has 9 heteroatoms. The molecule has 8 nitrogen and oxygen atoms in total. The number of aliphatic carboxylic acids is 1. The van der Waals surface area contributed by atoms with Gasteiger partial charge in [-0.15, -0.1) is 0 Å². The number of ether oxygens (including phenoxy) is 1. The van der Waals surface area contributed by atoms with E-state index >= 15 is 0 Å². The summed E-state index contributed by atoms with van der Waals surface area (Å²) < 4.78 is 17.9. The van der Waals surface area contributed by atoms with Gasteiger partial charge in [-0.25, -0.2) is 4.39 Å². The zero-order valence-corrected chi connectivity index (χ0v) is 23.0. The first-order valence-electron chi connectivity index (χ1n) is 14.4. The van der Waals surface area contributed by atoms with E-state index in [-0.39, 0.29) is 37.1 Å². The minimum Gasteiger partial charge on any atom is -0.491 e. The first-order chi connectivity index (χ1) is 19.4. The fourth-order valence-electron chi connectivity index (χ4n) is 5.81. The van der Waals surface area contributed by atoms with E-state index in [1.807, 2.05) is 17.0 Å². The predicted octanol–water partition coefficient (Wildman–Crippen LogP) is 4.63. The molecular weight excluding hydrogens is 513 g/mol. The fourth-order valence-corrected chi connectivity index (χ4v) is 5.81. The Morgan fingerprint density at radius 2 is 1.93 bits per heavy atom. The number of hydrogen-bond acceptors (Lipinski definition) is 6. The normalized spacial score (nSPS) is 18.7. The lowest BCUT2D eigenvalue weighted by atomic mass is 9.84. The largest absolute Gasteiger partial charge is 0.491 e. The maximum absolute atomic E-state index is 13.4. The summed E-state index contributed by atoms with van der Waals surface area (Å²) in [4.78, 5) is 44.3. The van der Waals surface area contributed by atoms with Gasteiger partial charge in [-0.3, -0.25) is 19.4 Å². The molecule has 2 aliphatic heterocycles. The fraction of sp³-hybridized carbons (Fsp3) is 0.548. The average Bonchev–Trinajstić information content (AvgIpc) is 2.99. The van der Waals surface area contributed by atoms with Crippen LogP contribution in [0.3, 0.4) is 0 Å². The second-order valence-electron chi connectivity index (χ2n) is 10.9. The summed E-state index contributed by atoms with van der Waals surface area (Å²) in [5.41, 5.74) is 2.24. The highest BCUT2D eigenvalue weighted by Crippen LogP contribution is 2.31. The van der Waals surface area contributed by atoms with Gasteiger partial charge < -0.3 is 20.1 Å². The number of halogens is 1. The van der Waals surface area contributed by atoms with Gasteiger partial charge in [0.1, 0.15) is 24.8 Å². The van der Waals surface area contributed by atoms with Crippen molar-refractivity contribution in [3.8, 4) is 16.9 Å². The summed E-state index contributed by atoms with van der Waals surface area (Å²) in [6, 6.07) is 9.07. The van der Waals surface area contributed by atoms with Crippen LogP contribution in [0.5, 0.6) is 5.75 Å². The molecule has 0 radical (unpaired) electrons. The number of amides is 1. The third-order valence-corrected chi connectivity index (χ3v) is 8.07. The third kappa shape index (κ3) is 8.58. The zero-order chi connectivity index (χ0) is 28.3. The van der Waals surface area contributed by atoms with Gasteiger partial charge in [0, 0.05) is 55.7 Å². The van der Waals surface area contributed by atoms with Crippen molar-refractivity contribution in [1.29, 1.82) is 0 Å². The number of piperidine rings is 2. The lowest BCUT2D eigenvalue weighted by molar-refractivity contribution is -0.137. The standard InChI is InChI=1S/C31H40FN3O5/c32-10-14-40-28-5-1-3-23(16-28)26-15-27(20-34-19-26)25(18-31(38)39)17-29(36)24-4-2-13-35(21-24)30(37)7-6-22-8-11-33-12-9-22/h1,3,5,15-16,19-20,22,24-25,33H,2,4,6-14,17-18,21H2,(H,38,39)/t24-,25+/m1/s1. The van der Waals surface area contributed by atoms with Gasteiger partial charge in [0.25, 0.3) is 0 Å². The number of Topliss-reactive ketones (excluding diaryl/α,β-unsaturated/α-hetero) is 1. The number of benzene rings is 1. The second-order valence-corrected chi connectivity index (χ2v) is 10.9. The Kier molecular flexibility index (Phi) is 11.0. The Bertz CT molecular complexity index is 1150. The highest BCUT2D eigenvalue weighted by atomic mass is 19.1. The molecule has 2 atom stereocenters. The van der Waals surface area contributed by atoms with Crippen molar-refractivity contribution in [1.82, 2.24) is 15.2 Å². The van der Waals surface area contributed by atoms with E-state index in [0.29, 0.717) is 43.2 Å². The van der Waals surface area contributed by atoms with Gasteiger partial charge in [0.2, 0.25) is 5.91 Å². The number of carboxylic acid groups (broad SMARTS) is 1. The lowest BCUT2D eigenvalue weighted by Gasteiger charge is -2.33. The summed E-state index contributed by atoms with van der Waals surface area (Å²) in [7, 11) is 0. The van der Waals surface area contributed by atoms with E-state index in [1.165, 1.54) is 0 Å². The number of rotatable bonds is 13. The molecule has 0 saturated carbocycles. The molecule has 1 amide bonds. The third-order valence-electron chi connectivity index (χ3n) is 8.07. The van der Waals surface area contributed by atoms with Crippen molar-refractivity contribution in [3.63, 3.8) is 0 Å².